The van der Waals surface area contributed by atoms with Gasteiger partial charge in [0.05, 0.1) is 17.1 Å². The first kappa shape index (κ1) is 21.8. The molecule has 2 heterocycles. The van der Waals surface area contributed by atoms with Gasteiger partial charge in [-0.3, -0.25) is 4.99 Å². The SMILES string of the molecule is CCNC(=NCC1(O)CCCCC1)NC1CCN(c2cccs2)CC1.I. The normalized spacial score (nSPS) is 21.2. The van der Waals surface area contributed by atoms with E-state index in [0.29, 0.717) is 12.6 Å². The Morgan fingerprint density at radius 3 is 2.65 bits per heavy atom. The zero-order chi connectivity index (χ0) is 17.5. The smallest absolute Gasteiger partial charge is 0.191 e. The molecule has 3 rings (SSSR count). The van der Waals surface area contributed by atoms with Gasteiger partial charge in [-0.25, -0.2) is 0 Å². The van der Waals surface area contributed by atoms with E-state index in [1.54, 1.807) is 0 Å². The van der Waals surface area contributed by atoms with Crippen molar-refractivity contribution < 1.29 is 5.11 Å². The van der Waals surface area contributed by atoms with Crippen molar-refractivity contribution >= 4 is 46.3 Å². The fourth-order valence-corrected chi connectivity index (χ4v) is 4.59. The highest BCUT2D eigenvalue weighted by Gasteiger charge is 2.29. The summed E-state index contributed by atoms with van der Waals surface area (Å²) in [5.41, 5.74) is -0.594. The van der Waals surface area contributed by atoms with Crippen molar-refractivity contribution in [3.8, 4) is 0 Å². The number of thiophene rings is 1. The molecule has 2 aliphatic rings. The third-order valence-corrected chi connectivity index (χ3v) is 6.24. The minimum absolute atomic E-state index is 0. The lowest BCUT2D eigenvalue weighted by atomic mass is 9.85. The Bertz CT molecular complexity index is 538. The lowest BCUT2D eigenvalue weighted by Gasteiger charge is -2.34. The number of hydrogen-bond acceptors (Lipinski definition) is 4. The standard InChI is InChI=1S/C19H32N4OS.HI/c1-2-20-18(21-15-19(24)10-4-3-5-11-19)22-16-8-12-23(13-9-16)17-7-6-14-25-17;/h6-7,14,16,24H,2-5,8-13,15H2,1H3,(H2,20,21,22);1H. The first-order valence-corrected chi connectivity index (χ1v) is 10.6. The first-order chi connectivity index (χ1) is 12.2. The van der Waals surface area contributed by atoms with Gasteiger partial charge in [0.2, 0.25) is 0 Å². The maximum Gasteiger partial charge on any atom is 0.191 e. The Morgan fingerprint density at radius 2 is 2.04 bits per heavy atom. The van der Waals surface area contributed by atoms with Crippen LogP contribution in [0, 0.1) is 0 Å². The van der Waals surface area contributed by atoms with Crippen LogP contribution in [-0.2, 0) is 0 Å². The lowest BCUT2D eigenvalue weighted by Crippen LogP contribution is -2.49. The third-order valence-electron chi connectivity index (χ3n) is 5.31. The summed E-state index contributed by atoms with van der Waals surface area (Å²) in [5.74, 6) is 0.857. The molecule has 0 radical (unpaired) electrons. The number of hydrogen-bond donors (Lipinski definition) is 3. The van der Waals surface area contributed by atoms with Gasteiger partial charge < -0.3 is 20.6 Å². The number of nitrogens with one attached hydrogen (secondary N) is 2. The second-order valence-corrected chi connectivity index (χ2v) is 8.26. The van der Waals surface area contributed by atoms with Crippen LogP contribution in [0.3, 0.4) is 0 Å². The van der Waals surface area contributed by atoms with Gasteiger partial charge in [-0.2, -0.15) is 0 Å². The summed E-state index contributed by atoms with van der Waals surface area (Å²) in [6, 6.07) is 4.78. The van der Waals surface area contributed by atoms with Crippen molar-refractivity contribution in [3.05, 3.63) is 17.5 Å². The number of piperidine rings is 1. The van der Waals surface area contributed by atoms with Crippen molar-refractivity contribution in [2.24, 2.45) is 4.99 Å². The van der Waals surface area contributed by atoms with Crippen molar-refractivity contribution in [2.45, 2.75) is 63.5 Å². The second-order valence-electron chi connectivity index (χ2n) is 7.34. The summed E-state index contributed by atoms with van der Waals surface area (Å²) in [7, 11) is 0. The summed E-state index contributed by atoms with van der Waals surface area (Å²) in [5, 5.41) is 21.1. The fraction of sp³-hybridized carbons (Fsp3) is 0.737. The van der Waals surface area contributed by atoms with Crippen LogP contribution in [0.4, 0.5) is 5.00 Å². The van der Waals surface area contributed by atoms with Gasteiger partial charge in [0.1, 0.15) is 0 Å². The number of rotatable bonds is 5. The molecule has 1 aromatic heterocycles. The molecular weight excluding hydrogens is 459 g/mol. The number of halogens is 1. The predicted molar refractivity (Wildman–Crippen MR) is 122 cm³/mol. The van der Waals surface area contributed by atoms with Crippen LogP contribution >= 0.6 is 35.3 Å². The molecule has 7 heteroatoms. The molecule has 2 fully saturated rings. The van der Waals surface area contributed by atoms with Gasteiger partial charge in [0.25, 0.3) is 0 Å². The topological polar surface area (TPSA) is 59.9 Å². The van der Waals surface area contributed by atoms with Gasteiger partial charge in [0, 0.05) is 25.7 Å². The number of aliphatic imine (C=N–C) groups is 1. The lowest BCUT2D eigenvalue weighted by molar-refractivity contribution is 0.0131. The second kappa shape index (κ2) is 10.7. The van der Waals surface area contributed by atoms with Crippen LogP contribution in [0.15, 0.2) is 22.5 Å². The number of nitrogens with zero attached hydrogens (tertiary/aromatic N) is 2. The molecule has 3 N–H and O–H groups in total. The average Bonchev–Trinajstić information content (AvgIpc) is 3.16. The van der Waals surface area contributed by atoms with Crippen LogP contribution in [0.25, 0.3) is 0 Å². The summed E-state index contributed by atoms with van der Waals surface area (Å²) < 4.78 is 0. The summed E-state index contributed by atoms with van der Waals surface area (Å²) in [6.45, 7) is 5.61. The summed E-state index contributed by atoms with van der Waals surface area (Å²) >= 11 is 1.82. The van der Waals surface area contributed by atoms with E-state index in [2.05, 4.69) is 40.0 Å². The largest absolute Gasteiger partial charge is 0.388 e. The van der Waals surface area contributed by atoms with Gasteiger partial charge in [-0.05, 0) is 50.1 Å². The highest BCUT2D eigenvalue weighted by Crippen LogP contribution is 2.28. The quantitative estimate of drug-likeness (QED) is 0.334. The third kappa shape index (κ3) is 6.27. The number of guanidine groups is 1. The molecule has 5 nitrogen and oxygen atoms in total. The predicted octanol–water partition coefficient (Wildman–Crippen LogP) is 3.59. The Morgan fingerprint density at radius 1 is 1.31 bits per heavy atom. The van der Waals surface area contributed by atoms with Crippen LogP contribution in [0.1, 0.15) is 51.9 Å². The van der Waals surface area contributed by atoms with Crippen LogP contribution in [-0.4, -0.2) is 48.9 Å². The van der Waals surface area contributed by atoms with Crippen LogP contribution < -0.4 is 15.5 Å². The van der Waals surface area contributed by atoms with Crippen molar-refractivity contribution in [2.75, 3.05) is 31.1 Å². The van der Waals surface area contributed by atoms with E-state index in [4.69, 9.17) is 4.99 Å². The highest BCUT2D eigenvalue weighted by atomic mass is 127. The maximum absolute atomic E-state index is 10.7. The number of aliphatic hydroxyl groups is 1. The molecule has 1 saturated heterocycles. The van der Waals surface area contributed by atoms with Crippen LogP contribution in [0.2, 0.25) is 0 Å². The van der Waals surface area contributed by atoms with Crippen LogP contribution in [0.5, 0.6) is 0 Å². The molecular formula is C19H33IN4OS. The van der Waals surface area contributed by atoms with E-state index in [-0.39, 0.29) is 24.0 Å². The monoisotopic (exact) mass is 492 g/mol. The molecule has 1 saturated carbocycles. The highest BCUT2D eigenvalue weighted by molar-refractivity contribution is 14.0. The van der Waals surface area contributed by atoms with E-state index in [1.807, 2.05) is 11.3 Å². The Hall–Kier alpha value is -0.540. The fourth-order valence-electron chi connectivity index (χ4n) is 3.80. The number of anilines is 1. The van der Waals surface area contributed by atoms with Crippen molar-refractivity contribution in [1.29, 1.82) is 0 Å². The van der Waals surface area contributed by atoms with Gasteiger partial charge in [0.15, 0.2) is 5.96 Å². The Kier molecular flexibility index (Phi) is 8.96. The van der Waals surface area contributed by atoms with Gasteiger partial charge in [-0.1, -0.05) is 19.3 Å². The van der Waals surface area contributed by atoms with E-state index < -0.39 is 5.60 Å². The average molecular weight is 492 g/mol. The molecule has 0 bridgehead atoms. The first-order valence-electron chi connectivity index (χ1n) is 9.74. The van der Waals surface area contributed by atoms with Crippen molar-refractivity contribution in [1.82, 2.24) is 10.6 Å². The van der Waals surface area contributed by atoms with Crippen molar-refractivity contribution in [3.63, 3.8) is 0 Å². The molecule has 0 atom stereocenters. The molecule has 148 valence electrons. The molecule has 1 aliphatic carbocycles. The van der Waals surface area contributed by atoms with E-state index in [0.717, 1.165) is 64.1 Å². The molecule has 0 aromatic carbocycles. The maximum atomic E-state index is 10.7. The van der Waals surface area contributed by atoms with Gasteiger partial charge >= 0.3 is 0 Å². The molecule has 1 aliphatic heterocycles. The van der Waals surface area contributed by atoms with Gasteiger partial charge in [-0.15, -0.1) is 35.3 Å². The van der Waals surface area contributed by atoms with E-state index in [1.165, 1.54) is 11.4 Å². The van der Waals surface area contributed by atoms with E-state index >= 15 is 0 Å². The zero-order valence-corrected chi connectivity index (χ0v) is 18.9. The Balaban J connectivity index is 0.00000243. The molecule has 0 spiro atoms. The minimum Gasteiger partial charge on any atom is -0.388 e. The molecule has 0 amide bonds. The molecule has 26 heavy (non-hydrogen) atoms. The molecule has 1 aromatic rings. The van der Waals surface area contributed by atoms with E-state index in [9.17, 15) is 5.11 Å². The molecule has 0 unspecified atom stereocenters. The summed E-state index contributed by atoms with van der Waals surface area (Å²) in [4.78, 5) is 7.17. The minimum atomic E-state index is -0.594. The zero-order valence-electron chi connectivity index (χ0n) is 15.7. The Labute approximate surface area is 178 Å². The summed E-state index contributed by atoms with van der Waals surface area (Å²) in [6.07, 6.45) is 7.49.